The second-order valence-corrected chi connectivity index (χ2v) is 9.38. The van der Waals surface area contributed by atoms with E-state index in [-0.39, 0.29) is 5.56 Å². The van der Waals surface area contributed by atoms with Gasteiger partial charge in [-0.25, -0.2) is 10.1 Å². The zero-order valence-electron chi connectivity index (χ0n) is 19.5. The molecule has 2 aliphatic heterocycles. The molecule has 2 N–H and O–H groups in total. The highest BCUT2D eigenvalue weighted by atomic mass is 16.1. The fourth-order valence-corrected chi connectivity index (χ4v) is 5.10. The van der Waals surface area contributed by atoms with Crippen molar-refractivity contribution in [2.45, 2.75) is 58.4 Å². The molecule has 8 heteroatoms. The first-order chi connectivity index (χ1) is 16.1. The van der Waals surface area contributed by atoms with Crippen LogP contribution in [-0.2, 0) is 0 Å². The maximum atomic E-state index is 12.6. The van der Waals surface area contributed by atoms with Gasteiger partial charge in [-0.05, 0) is 69.2 Å². The van der Waals surface area contributed by atoms with Crippen molar-refractivity contribution >= 4 is 34.0 Å². The van der Waals surface area contributed by atoms with Crippen LogP contribution in [0.3, 0.4) is 0 Å². The fourth-order valence-electron chi connectivity index (χ4n) is 5.10. The van der Waals surface area contributed by atoms with Crippen molar-refractivity contribution in [3.05, 3.63) is 40.8 Å². The second-order valence-electron chi connectivity index (χ2n) is 9.38. The Hall–Kier alpha value is -3.16. The van der Waals surface area contributed by atoms with Crippen LogP contribution in [0, 0.1) is 5.92 Å². The quantitative estimate of drug-likeness (QED) is 0.597. The summed E-state index contributed by atoms with van der Waals surface area (Å²) in [6.45, 7) is 7.64. The number of hydrogen-bond donors (Lipinski definition) is 2. The highest BCUT2D eigenvalue weighted by molar-refractivity contribution is 5.90. The topological polar surface area (TPSA) is 90.0 Å². The van der Waals surface area contributed by atoms with Gasteiger partial charge in [0, 0.05) is 37.1 Å². The number of aromatic amines is 1. The van der Waals surface area contributed by atoms with E-state index in [4.69, 9.17) is 4.98 Å². The lowest BCUT2D eigenvalue weighted by Gasteiger charge is -2.33. The molecule has 3 aromatic rings. The summed E-state index contributed by atoms with van der Waals surface area (Å²) in [6, 6.07) is 8.80. The number of nitrogens with zero attached hydrogens (tertiary/aromatic N) is 5. The summed E-state index contributed by atoms with van der Waals surface area (Å²) in [5.41, 5.74) is 2.41. The summed E-state index contributed by atoms with van der Waals surface area (Å²) >= 11 is 0. The van der Waals surface area contributed by atoms with E-state index >= 15 is 0 Å². The maximum absolute atomic E-state index is 12.6. The minimum Gasteiger partial charge on any atom is -0.372 e. The van der Waals surface area contributed by atoms with Crippen molar-refractivity contribution in [1.29, 1.82) is 0 Å². The molecule has 0 bridgehead atoms. The normalized spacial score (nSPS) is 19.8. The summed E-state index contributed by atoms with van der Waals surface area (Å²) in [4.78, 5) is 26.8. The van der Waals surface area contributed by atoms with Crippen LogP contribution in [0.25, 0.3) is 10.9 Å². The maximum Gasteiger partial charge on any atom is 0.277 e. The van der Waals surface area contributed by atoms with Gasteiger partial charge < -0.3 is 15.1 Å². The predicted octanol–water partition coefficient (Wildman–Crippen LogP) is 4.46. The Morgan fingerprint density at radius 2 is 1.85 bits per heavy atom. The van der Waals surface area contributed by atoms with Gasteiger partial charge in [0.15, 0.2) is 0 Å². The van der Waals surface area contributed by atoms with Crippen molar-refractivity contribution in [3.63, 3.8) is 0 Å². The number of hydrogen-bond acceptors (Lipinski definition) is 7. The number of fused-ring (bicyclic) bond motifs is 1. The molecule has 2 aromatic heterocycles. The third kappa shape index (κ3) is 4.51. The molecule has 4 heterocycles. The van der Waals surface area contributed by atoms with E-state index in [0.717, 1.165) is 44.1 Å². The van der Waals surface area contributed by atoms with E-state index in [1.807, 2.05) is 0 Å². The average Bonchev–Trinajstić information content (AvgIpc) is 2.85. The molecule has 2 saturated heterocycles. The van der Waals surface area contributed by atoms with Crippen LogP contribution in [0.1, 0.15) is 52.4 Å². The van der Waals surface area contributed by atoms with Crippen LogP contribution < -0.4 is 20.7 Å². The molecule has 0 aliphatic carbocycles. The van der Waals surface area contributed by atoms with Gasteiger partial charge in [0.05, 0.1) is 6.20 Å². The highest BCUT2D eigenvalue weighted by Gasteiger charge is 2.23. The van der Waals surface area contributed by atoms with E-state index < -0.39 is 0 Å². The van der Waals surface area contributed by atoms with Crippen molar-refractivity contribution < 1.29 is 0 Å². The lowest BCUT2D eigenvalue weighted by Crippen LogP contribution is -2.38. The minimum absolute atomic E-state index is 0.288. The van der Waals surface area contributed by atoms with E-state index in [0.29, 0.717) is 28.7 Å². The van der Waals surface area contributed by atoms with Crippen molar-refractivity contribution in [2.24, 2.45) is 5.92 Å². The van der Waals surface area contributed by atoms with Crippen molar-refractivity contribution in [3.8, 4) is 0 Å². The summed E-state index contributed by atoms with van der Waals surface area (Å²) < 4.78 is 0. The average molecular weight is 448 g/mol. The number of anilines is 4. The van der Waals surface area contributed by atoms with Gasteiger partial charge in [0.1, 0.15) is 16.7 Å². The van der Waals surface area contributed by atoms with E-state index in [1.165, 1.54) is 31.4 Å². The number of nitrogens with one attached hydrogen (secondary N) is 2. The molecule has 0 saturated carbocycles. The summed E-state index contributed by atoms with van der Waals surface area (Å²) in [6.07, 6.45) is 8.87. The Morgan fingerprint density at radius 1 is 1.06 bits per heavy atom. The van der Waals surface area contributed by atoms with Crippen LogP contribution in [0.4, 0.5) is 23.1 Å². The van der Waals surface area contributed by atoms with E-state index in [9.17, 15) is 4.79 Å². The largest absolute Gasteiger partial charge is 0.372 e. The molecular weight excluding hydrogens is 414 g/mol. The van der Waals surface area contributed by atoms with Crippen molar-refractivity contribution in [1.82, 2.24) is 20.2 Å². The van der Waals surface area contributed by atoms with Crippen molar-refractivity contribution in [2.75, 3.05) is 34.8 Å². The van der Waals surface area contributed by atoms with Gasteiger partial charge in [0.2, 0.25) is 5.95 Å². The molecule has 2 aliphatic rings. The van der Waals surface area contributed by atoms with Crippen LogP contribution >= 0.6 is 0 Å². The Labute approximate surface area is 194 Å². The second kappa shape index (κ2) is 9.37. The number of benzene rings is 1. The molecule has 1 atom stereocenters. The van der Waals surface area contributed by atoms with E-state index in [1.54, 1.807) is 6.20 Å². The first kappa shape index (κ1) is 21.7. The number of rotatable bonds is 5. The minimum atomic E-state index is -0.288. The van der Waals surface area contributed by atoms with Crippen LogP contribution in [0.5, 0.6) is 0 Å². The first-order valence-electron chi connectivity index (χ1n) is 12.3. The van der Waals surface area contributed by atoms with Gasteiger partial charge in [-0.15, -0.1) is 0 Å². The Kier molecular flexibility index (Phi) is 6.15. The monoisotopic (exact) mass is 447 g/mol. The number of aromatic nitrogens is 4. The molecule has 0 radical (unpaired) electrons. The van der Waals surface area contributed by atoms with Gasteiger partial charge >= 0.3 is 0 Å². The third-order valence-electron chi connectivity index (χ3n) is 7.25. The molecule has 33 heavy (non-hydrogen) atoms. The zero-order valence-corrected chi connectivity index (χ0v) is 19.5. The Bertz CT molecular complexity index is 1150. The van der Waals surface area contributed by atoms with Gasteiger partial charge in [-0.2, -0.15) is 10.1 Å². The molecule has 0 amide bonds. The van der Waals surface area contributed by atoms with E-state index in [2.05, 4.69) is 68.4 Å². The van der Waals surface area contributed by atoms with Crippen LogP contribution in [-0.4, -0.2) is 45.8 Å². The Morgan fingerprint density at radius 3 is 2.58 bits per heavy atom. The van der Waals surface area contributed by atoms with Gasteiger partial charge in [0.25, 0.3) is 5.56 Å². The molecule has 2 fully saturated rings. The molecule has 8 nitrogen and oxygen atoms in total. The van der Waals surface area contributed by atoms with Gasteiger partial charge in [-0.3, -0.25) is 4.79 Å². The van der Waals surface area contributed by atoms with Crippen LogP contribution in [0.2, 0.25) is 0 Å². The molecule has 0 spiro atoms. The first-order valence-corrected chi connectivity index (χ1v) is 12.3. The Balaban J connectivity index is 1.42. The molecule has 1 unspecified atom stereocenters. The summed E-state index contributed by atoms with van der Waals surface area (Å²) in [5, 5.41) is 10.3. The van der Waals surface area contributed by atoms with Gasteiger partial charge in [-0.1, -0.05) is 13.3 Å². The zero-order chi connectivity index (χ0) is 22.8. The summed E-state index contributed by atoms with van der Waals surface area (Å²) in [7, 11) is 0. The lowest BCUT2D eigenvalue weighted by atomic mass is 9.94. The number of piperidine rings is 2. The smallest absolute Gasteiger partial charge is 0.277 e. The molecule has 5 rings (SSSR count). The standard InChI is InChI=1S/C25H33N7O/c1-3-18-11-14-31(15-12-18)20-9-7-19(8-10-20)27-23-22-21(16-26-30-24(22)33)28-25(29-23)32-13-5-4-6-17(32)2/h7-10,16-18H,3-6,11-15H2,1-2H3,(H,30,33)(H,27,28,29). The lowest BCUT2D eigenvalue weighted by molar-refractivity contribution is 0.395. The van der Waals surface area contributed by atoms with Crippen LogP contribution in [0.15, 0.2) is 35.3 Å². The third-order valence-corrected chi connectivity index (χ3v) is 7.25. The molecule has 174 valence electrons. The molecular formula is C25H33N7O. The SMILES string of the molecule is CCC1CCN(c2ccc(Nc3nc(N4CCCCC4C)nc4cn[nH]c(=O)c34)cc2)CC1. The predicted molar refractivity (Wildman–Crippen MR) is 134 cm³/mol. The fraction of sp³-hybridized carbons (Fsp3) is 0.520. The highest BCUT2D eigenvalue weighted by Crippen LogP contribution is 2.29. The number of H-pyrrole nitrogens is 1. The summed E-state index contributed by atoms with van der Waals surface area (Å²) in [5.74, 6) is 2.03. The molecule has 1 aromatic carbocycles.